The van der Waals surface area contributed by atoms with E-state index < -0.39 is 11.9 Å². The molecule has 2 heterocycles. The van der Waals surface area contributed by atoms with Gasteiger partial charge in [0.2, 0.25) is 11.8 Å². The second-order valence-electron chi connectivity index (χ2n) is 8.18. The van der Waals surface area contributed by atoms with Crippen LogP contribution in [-0.2, 0) is 22.7 Å². The molecule has 5 amide bonds. The molecule has 2 aromatic rings. The number of benzene rings is 2. The lowest BCUT2D eigenvalue weighted by Gasteiger charge is -2.29. The van der Waals surface area contributed by atoms with E-state index in [0.717, 1.165) is 25.8 Å². The molecule has 1 atom stereocenters. The third-order valence-corrected chi connectivity index (χ3v) is 7.84. The molecule has 0 bridgehead atoms. The van der Waals surface area contributed by atoms with E-state index in [4.69, 9.17) is 11.6 Å². The van der Waals surface area contributed by atoms with E-state index in [9.17, 15) is 19.2 Å². The van der Waals surface area contributed by atoms with E-state index in [1.807, 2.05) is 26.0 Å². The van der Waals surface area contributed by atoms with Crippen LogP contribution in [0.15, 0.2) is 24.3 Å². The van der Waals surface area contributed by atoms with E-state index in [2.05, 4.69) is 38.5 Å². The number of carbonyl (C=O) groups is 4. The van der Waals surface area contributed by atoms with Crippen molar-refractivity contribution < 1.29 is 19.2 Å². The highest BCUT2D eigenvalue weighted by Gasteiger charge is 2.40. The first kappa shape index (κ1) is 23.5. The molecule has 2 aromatic carbocycles. The summed E-state index contributed by atoms with van der Waals surface area (Å²) in [5, 5.41) is 8.49. The molecule has 8 nitrogen and oxygen atoms in total. The van der Waals surface area contributed by atoms with Crippen molar-refractivity contribution in [3.05, 3.63) is 60.7 Å². The van der Waals surface area contributed by atoms with Gasteiger partial charge in [0, 0.05) is 39.4 Å². The van der Waals surface area contributed by atoms with Gasteiger partial charge in [-0.1, -0.05) is 23.7 Å². The van der Waals surface area contributed by atoms with Gasteiger partial charge in [-0.15, -0.1) is 0 Å². The Labute approximate surface area is 209 Å². The van der Waals surface area contributed by atoms with Crippen molar-refractivity contribution in [1.29, 1.82) is 0 Å². The maximum Gasteiger partial charge on any atom is 0.319 e. The smallest absolute Gasteiger partial charge is 0.319 e. The van der Waals surface area contributed by atoms with Crippen LogP contribution in [0.4, 0.5) is 10.5 Å². The highest BCUT2D eigenvalue weighted by molar-refractivity contribution is 14.1. The number of fused-ring (bicyclic) bond motifs is 1. The number of amides is 5. The van der Waals surface area contributed by atoms with Gasteiger partial charge in [-0.25, -0.2) is 4.79 Å². The number of urea groups is 1. The minimum atomic E-state index is -0.659. The van der Waals surface area contributed by atoms with Crippen molar-refractivity contribution in [2.75, 3.05) is 5.32 Å². The van der Waals surface area contributed by atoms with E-state index in [0.29, 0.717) is 29.2 Å². The number of nitrogens with one attached hydrogen (secondary N) is 3. The van der Waals surface area contributed by atoms with Gasteiger partial charge in [0.1, 0.15) is 6.04 Å². The molecule has 0 saturated carbocycles. The second-order valence-corrected chi connectivity index (χ2v) is 9.67. The summed E-state index contributed by atoms with van der Waals surface area (Å²) in [6.07, 6.45) is 0.529. The zero-order valence-corrected chi connectivity index (χ0v) is 21.0. The molecule has 3 N–H and O–H groups in total. The molecule has 4 rings (SSSR count). The lowest BCUT2D eigenvalue weighted by atomic mass is 10.0. The van der Waals surface area contributed by atoms with Gasteiger partial charge in [-0.3, -0.25) is 19.7 Å². The number of halogens is 2. The first-order chi connectivity index (χ1) is 15.7. The monoisotopic (exact) mass is 580 g/mol. The summed E-state index contributed by atoms with van der Waals surface area (Å²) >= 11 is 8.28. The number of hydrogen-bond acceptors (Lipinski definition) is 4. The van der Waals surface area contributed by atoms with E-state index >= 15 is 0 Å². The molecule has 172 valence electrons. The van der Waals surface area contributed by atoms with Crippen LogP contribution in [0.3, 0.4) is 0 Å². The number of aryl methyl sites for hydroxylation is 1. The average molecular weight is 581 g/mol. The van der Waals surface area contributed by atoms with Crippen molar-refractivity contribution >= 4 is 63.6 Å². The Bertz CT molecular complexity index is 1200. The minimum absolute atomic E-state index is 0.205. The first-order valence-corrected chi connectivity index (χ1v) is 11.9. The molecule has 0 spiro atoms. The predicted octanol–water partition coefficient (Wildman–Crippen LogP) is 3.64. The lowest BCUT2D eigenvalue weighted by molar-refractivity contribution is -0.136. The van der Waals surface area contributed by atoms with Crippen LogP contribution in [0, 0.1) is 17.4 Å². The molecule has 1 unspecified atom stereocenters. The predicted molar refractivity (Wildman–Crippen MR) is 132 cm³/mol. The van der Waals surface area contributed by atoms with Crippen molar-refractivity contribution in [2.45, 2.75) is 45.8 Å². The topological polar surface area (TPSA) is 108 Å². The molecule has 0 aliphatic carbocycles. The normalized spacial score (nSPS) is 17.6. The van der Waals surface area contributed by atoms with Crippen LogP contribution in [0.5, 0.6) is 0 Å². The third kappa shape index (κ3) is 4.70. The van der Waals surface area contributed by atoms with Gasteiger partial charge in [-0.05, 0) is 77.2 Å². The summed E-state index contributed by atoms with van der Waals surface area (Å²) in [7, 11) is 0. The lowest BCUT2D eigenvalue weighted by Crippen LogP contribution is -2.52. The van der Waals surface area contributed by atoms with Gasteiger partial charge < -0.3 is 15.5 Å². The molecule has 10 heteroatoms. The van der Waals surface area contributed by atoms with Crippen LogP contribution in [0.1, 0.15) is 45.5 Å². The number of rotatable bonds is 4. The minimum Gasteiger partial charge on any atom is -0.334 e. The molecule has 1 fully saturated rings. The standard InChI is InChI=1S/C23H22ClIN4O4/c1-11-3-4-15(8-16(11)24)27-23(33)26-9-13-7-14-10-29(17-5-6-18(30)28-21(17)31)22(32)19(14)12(2)20(13)25/h3-4,7-8,17H,5-6,9-10H2,1-2H3,(H2,26,27,33)(H,28,30,31). The fourth-order valence-corrected chi connectivity index (χ4v) is 4.94. The Balaban J connectivity index is 1.47. The molecule has 33 heavy (non-hydrogen) atoms. The van der Waals surface area contributed by atoms with Crippen molar-refractivity contribution in [3.63, 3.8) is 0 Å². The van der Waals surface area contributed by atoms with Crippen molar-refractivity contribution in [1.82, 2.24) is 15.5 Å². The first-order valence-electron chi connectivity index (χ1n) is 10.4. The maximum absolute atomic E-state index is 13.1. The van der Waals surface area contributed by atoms with Gasteiger partial charge in [0.05, 0.1) is 0 Å². The fourth-order valence-electron chi connectivity index (χ4n) is 4.14. The van der Waals surface area contributed by atoms with E-state index in [1.165, 1.54) is 4.90 Å². The zero-order valence-electron chi connectivity index (χ0n) is 18.1. The molecule has 1 saturated heterocycles. The van der Waals surface area contributed by atoms with Crippen LogP contribution < -0.4 is 16.0 Å². The van der Waals surface area contributed by atoms with Crippen molar-refractivity contribution in [2.24, 2.45) is 0 Å². The van der Waals surface area contributed by atoms with Gasteiger partial charge in [0.15, 0.2) is 0 Å². The van der Waals surface area contributed by atoms with Crippen LogP contribution >= 0.6 is 34.2 Å². The summed E-state index contributed by atoms with van der Waals surface area (Å²) < 4.78 is 0.878. The maximum atomic E-state index is 13.1. The number of nitrogens with zero attached hydrogens (tertiary/aromatic N) is 1. The van der Waals surface area contributed by atoms with Crippen LogP contribution in [-0.4, -0.2) is 34.7 Å². The molecule has 0 aromatic heterocycles. The molecule has 2 aliphatic heterocycles. The van der Waals surface area contributed by atoms with Crippen LogP contribution in [0.2, 0.25) is 5.02 Å². The highest BCUT2D eigenvalue weighted by atomic mass is 127. The van der Waals surface area contributed by atoms with E-state index in [-0.39, 0.29) is 30.8 Å². The quantitative estimate of drug-likeness (QED) is 0.379. The fraction of sp³-hybridized carbons (Fsp3) is 0.304. The SMILES string of the molecule is Cc1ccc(NC(=O)NCc2cc3c(c(C)c2I)C(=O)N(C2CCC(=O)NC2=O)C3)cc1Cl. The third-order valence-electron chi connectivity index (χ3n) is 5.93. The van der Waals surface area contributed by atoms with E-state index in [1.54, 1.807) is 12.1 Å². The highest BCUT2D eigenvalue weighted by Crippen LogP contribution is 2.33. The molecule has 0 radical (unpaired) electrons. The summed E-state index contributed by atoms with van der Waals surface area (Å²) in [6, 6.07) is 6.17. The molecule has 2 aliphatic rings. The number of carbonyl (C=O) groups excluding carboxylic acids is 4. The van der Waals surface area contributed by atoms with Gasteiger partial charge in [-0.2, -0.15) is 0 Å². The van der Waals surface area contributed by atoms with Crippen molar-refractivity contribution in [3.8, 4) is 0 Å². The second kappa shape index (κ2) is 9.30. The number of hydrogen-bond donors (Lipinski definition) is 3. The Hall–Kier alpha value is -2.66. The Morgan fingerprint density at radius 3 is 2.70 bits per heavy atom. The number of piperidine rings is 1. The summed E-state index contributed by atoms with van der Waals surface area (Å²) in [5.74, 6) is -0.955. The summed E-state index contributed by atoms with van der Waals surface area (Å²) in [4.78, 5) is 50.8. The largest absolute Gasteiger partial charge is 0.334 e. The Kier molecular flexibility index (Phi) is 6.62. The van der Waals surface area contributed by atoms with Gasteiger partial charge in [0.25, 0.3) is 5.91 Å². The van der Waals surface area contributed by atoms with Crippen LogP contribution in [0.25, 0.3) is 0 Å². The zero-order chi connectivity index (χ0) is 23.9. The summed E-state index contributed by atoms with van der Waals surface area (Å²) in [6.45, 7) is 4.31. The summed E-state index contributed by atoms with van der Waals surface area (Å²) in [5.41, 5.74) is 4.61. The Morgan fingerprint density at radius 2 is 2.00 bits per heavy atom. The average Bonchev–Trinajstić information content (AvgIpc) is 3.08. The molecular weight excluding hydrogens is 559 g/mol. The molecular formula is C23H22ClIN4O4. The number of anilines is 1. The number of imide groups is 1. The Morgan fingerprint density at radius 1 is 1.24 bits per heavy atom. The van der Waals surface area contributed by atoms with Gasteiger partial charge >= 0.3 is 6.03 Å².